The van der Waals surface area contributed by atoms with E-state index in [0.29, 0.717) is 11.5 Å². The molecule has 0 fully saturated rings. The van der Waals surface area contributed by atoms with Crippen molar-refractivity contribution in [1.29, 1.82) is 0 Å². The van der Waals surface area contributed by atoms with E-state index in [1.165, 1.54) is 0 Å². The van der Waals surface area contributed by atoms with Crippen LogP contribution in [-0.4, -0.2) is 27.4 Å². The number of alkyl halides is 1. The number of rotatable bonds is 6. The van der Waals surface area contributed by atoms with E-state index in [9.17, 15) is 4.39 Å². The highest BCUT2D eigenvalue weighted by molar-refractivity contribution is 5.42. The Morgan fingerprint density at radius 1 is 1.33 bits per heavy atom. The van der Waals surface area contributed by atoms with Gasteiger partial charge in [0, 0.05) is 6.54 Å². The van der Waals surface area contributed by atoms with Gasteiger partial charge in [-0.05, 0) is 24.7 Å². The number of methoxy groups -OCH3 is 1. The zero-order valence-corrected chi connectivity index (χ0v) is 9.05. The summed E-state index contributed by atoms with van der Waals surface area (Å²) >= 11 is 0. The summed E-state index contributed by atoms with van der Waals surface area (Å²) in [6, 6.07) is 5.60. The maximum absolute atomic E-state index is 11.9. The van der Waals surface area contributed by atoms with Gasteiger partial charge in [0.25, 0.3) is 0 Å². The first-order chi connectivity index (χ1) is 7.31. The van der Waals surface area contributed by atoms with Crippen LogP contribution in [0.25, 0.3) is 0 Å². The zero-order chi connectivity index (χ0) is 11.1. The molecule has 0 amide bonds. The van der Waals surface area contributed by atoms with Crippen LogP contribution >= 0.6 is 0 Å². The van der Waals surface area contributed by atoms with E-state index in [-0.39, 0.29) is 6.61 Å². The molecule has 4 heteroatoms. The summed E-state index contributed by atoms with van der Waals surface area (Å²) in [4.78, 5) is 0. The Bertz CT molecular complexity index is 305. The molecule has 15 heavy (non-hydrogen) atoms. The largest absolute Gasteiger partial charge is 0.493 e. The number of nitrogens with one attached hydrogen (secondary N) is 1. The van der Waals surface area contributed by atoms with Crippen molar-refractivity contribution in [2.45, 2.75) is 6.54 Å². The Hall–Kier alpha value is -1.29. The maximum Gasteiger partial charge on any atom is 0.161 e. The van der Waals surface area contributed by atoms with E-state index < -0.39 is 6.67 Å². The molecule has 0 aromatic heterocycles. The van der Waals surface area contributed by atoms with Gasteiger partial charge in [0.05, 0.1) is 7.11 Å². The molecule has 1 rings (SSSR count). The van der Waals surface area contributed by atoms with E-state index in [1.54, 1.807) is 13.2 Å². The molecular weight excluding hydrogens is 197 g/mol. The summed E-state index contributed by atoms with van der Waals surface area (Å²) < 4.78 is 22.3. The Labute approximate surface area is 89.2 Å². The Balaban J connectivity index is 2.78. The van der Waals surface area contributed by atoms with Crippen LogP contribution in [0.15, 0.2) is 18.2 Å². The Morgan fingerprint density at radius 3 is 2.73 bits per heavy atom. The fraction of sp³-hybridized carbons (Fsp3) is 0.455. The molecule has 0 aliphatic carbocycles. The highest BCUT2D eigenvalue weighted by atomic mass is 19.1. The smallest absolute Gasteiger partial charge is 0.161 e. The third kappa shape index (κ3) is 3.40. The molecule has 0 aliphatic heterocycles. The fourth-order valence-electron chi connectivity index (χ4n) is 1.29. The molecule has 1 aromatic rings. The number of hydrogen-bond acceptors (Lipinski definition) is 3. The molecule has 0 bridgehead atoms. The van der Waals surface area contributed by atoms with Crippen LogP contribution in [0.1, 0.15) is 5.56 Å². The van der Waals surface area contributed by atoms with Crippen molar-refractivity contribution in [2.24, 2.45) is 0 Å². The first-order valence-electron chi connectivity index (χ1n) is 4.82. The molecule has 0 saturated heterocycles. The van der Waals surface area contributed by atoms with Gasteiger partial charge in [-0.3, -0.25) is 0 Å². The predicted octanol–water partition coefficient (Wildman–Crippen LogP) is 1.76. The number of ether oxygens (including phenoxy) is 2. The van der Waals surface area contributed by atoms with E-state index in [4.69, 9.17) is 9.47 Å². The van der Waals surface area contributed by atoms with E-state index >= 15 is 0 Å². The van der Waals surface area contributed by atoms with Crippen molar-refractivity contribution >= 4 is 0 Å². The Morgan fingerprint density at radius 2 is 2.13 bits per heavy atom. The van der Waals surface area contributed by atoms with Crippen LogP contribution in [0, 0.1) is 0 Å². The summed E-state index contributed by atoms with van der Waals surface area (Å²) in [5, 5.41) is 3.04. The first-order valence-corrected chi connectivity index (χ1v) is 4.82. The van der Waals surface area contributed by atoms with Gasteiger partial charge in [-0.15, -0.1) is 0 Å². The molecule has 0 spiro atoms. The van der Waals surface area contributed by atoms with Gasteiger partial charge >= 0.3 is 0 Å². The van der Waals surface area contributed by atoms with Crippen molar-refractivity contribution in [3.05, 3.63) is 23.8 Å². The van der Waals surface area contributed by atoms with Gasteiger partial charge in [0.1, 0.15) is 13.3 Å². The second kappa shape index (κ2) is 6.24. The second-order valence-corrected chi connectivity index (χ2v) is 3.05. The lowest BCUT2D eigenvalue weighted by Gasteiger charge is -2.10. The SMILES string of the molecule is CNCc1ccc(OCCF)c(OC)c1. The quantitative estimate of drug-likeness (QED) is 0.781. The molecule has 84 valence electrons. The minimum atomic E-state index is -0.499. The number of benzene rings is 1. The fourth-order valence-corrected chi connectivity index (χ4v) is 1.29. The molecule has 0 atom stereocenters. The Kier molecular flexibility index (Phi) is 4.90. The molecular formula is C11H16FNO2. The topological polar surface area (TPSA) is 30.5 Å². The van der Waals surface area contributed by atoms with E-state index in [2.05, 4.69) is 5.32 Å². The molecule has 1 N–H and O–H groups in total. The summed E-state index contributed by atoms with van der Waals surface area (Å²) in [7, 11) is 3.45. The van der Waals surface area contributed by atoms with Crippen molar-refractivity contribution in [2.75, 3.05) is 27.4 Å². The van der Waals surface area contributed by atoms with E-state index in [0.717, 1.165) is 12.1 Å². The summed E-state index contributed by atoms with van der Waals surface area (Å²) in [6.07, 6.45) is 0. The van der Waals surface area contributed by atoms with Gasteiger partial charge in [-0.25, -0.2) is 4.39 Å². The van der Waals surface area contributed by atoms with Crippen molar-refractivity contribution in [3.63, 3.8) is 0 Å². The average Bonchev–Trinajstić information content (AvgIpc) is 2.27. The van der Waals surface area contributed by atoms with Crippen molar-refractivity contribution in [1.82, 2.24) is 5.32 Å². The van der Waals surface area contributed by atoms with Gasteiger partial charge < -0.3 is 14.8 Å². The monoisotopic (exact) mass is 213 g/mol. The van der Waals surface area contributed by atoms with Crippen LogP contribution in [0.5, 0.6) is 11.5 Å². The standard InChI is InChI=1S/C11H16FNO2/c1-13-8-9-3-4-10(15-6-5-12)11(7-9)14-2/h3-4,7,13H,5-6,8H2,1-2H3. The summed E-state index contributed by atoms with van der Waals surface area (Å²) in [5.74, 6) is 1.21. The number of hydrogen-bond donors (Lipinski definition) is 1. The number of halogens is 1. The van der Waals surface area contributed by atoms with Crippen molar-refractivity contribution in [3.8, 4) is 11.5 Å². The molecule has 0 heterocycles. The van der Waals surface area contributed by atoms with E-state index in [1.807, 2.05) is 19.2 Å². The van der Waals surface area contributed by atoms with Crippen LogP contribution in [0.3, 0.4) is 0 Å². The first kappa shape index (κ1) is 11.8. The highest BCUT2D eigenvalue weighted by Gasteiger charge is 2.04. The second-order valence-electron chi connectivity index (χ2n) is 3.05. The molecule has 1 aromatic carbocycles. The molecule has 3 nitrogen and oxygen atoms in total. The van der Waals surface area contributed by atoms with Crippen LogP contribution in [0.2, 0.25) is 0 Å². The molecule has 0 radical (unpaired) electrons. The van der Waals surface area contributed by atoms with Crippen LogP contribution < -0.4 is 14.8 Å². The highest BCUT2D eigenvalue weighted by Crippen LogP contribution is 2.27. The van der Waals surface area contributed by atoms with Gasteiger partial charge in [-0.2, -0.15) is 0 Å². The molecule has 0 aliphatic rings. The average molecular weight is 213 g/mol. The van der Waals surface area contributed by atoms with Crippen LogP contribution in [-0.2, 0) is 6.54 Å². The van der Waals surface area contributed by atoms with Gasteiger partial charge in [-0.1, -0.05) is 6.07 Å². The lowest BCUT2D eigenvalue weighted by atomic mass is 10.2. The minimum Gasteiger partial charge on any atom is -0.493 e. The molecule has 0 saturated carbocycles. The van der Waals surface area contributed by atoms with Gasteiger partial charge in [0.2, 0.25) is 0 Å². The third-order valence-electron chi connectivity index (χ3n) is 1.94. The molecule has 0 unspecified atom stereocenters. The van der Waals surface area contributed by atoms with Crippen molar-refractivity contribution < 1.29 is 13.9 Å². The lowest BCUT2D eigenvalue weighted by Crippen LogP contribution is -2.06. The normalized spacial score (nSPS) is 10.1. The predicted molar refractivity (Wildman–Crippen MR) is 57.2 cm³/mol. The lowest BCUT2D eigenvalue weighted by molar-refractivity contribution is 0.260. The summed E-state index contributed by atoms with van der Waals surface area (Å²) in [6.45, 7) is 0.322. The maximum atomic E-state index is 11.9. The zero-order valence-electron chi connectivity index (χ0n) is 9.05. The third-order valence-corrected chi connectivity index (χ3v) is 1.94. The van der Waals surface area contributed by atoms with Crippen LogP contribution in [0.4, 0.5) is 4.39 Å². The van der Waals surface area contributed by atoms with Gasteiger partial charge in [0.15, 0.2) is 11.5 Å². The minimum absolute atomic E-state index is 0.0573. The summed E-state index contributed by atoms with van der Waals surface area (Å²) in [5.41, 5.74) is 1.10.